The van der Waals surface area contributed by atoms with Gasteiger partial charge < -0.3 is 14.2 Å². The first kappa shape index (κ1) is 13.3. The number of hydrogen-bond acceptors (Lipinski definition) is 4. The Kier molecular flexibility index (Phi) is 3.78. The summed E-state index contributed by atoms with van der Waals surface area (Å²) in [5, 5.41) is 0. The van der Waals surface area contributed by atoms with Gasteiger partial charge in [0.2, 0.25) is 0 Å². The van der Waals surface area contributed by atoms with Gasteiger partial charge in [0, 0.05) is 26.2 Å². The van der Waals surface area contributed by atoms with Gasteiger partial charge in [-0.1, -0.05) is 0 Å². The Labute approximate surface area is 104 Å². The summed E-state index contributed by atoms with van der Waals surface area (Å²) in [4.78, 5) is 2.49. The van der Waals surface area contributed by atoms with E-state index in [0.717, 1.165) is 26.1 Å². The molecule has 2 rings (SSSR count). The van der Waals surface area contributed by atoms with E-state index < -0.39 is 5.79 Å². The summed E-state index contributed by atoms with van der Waals surface area (Å²) in [5.74, 6) is -0.430. The van der Waals surface area contributed by atoms with Crippen molar-refractivity contribution in [1.29, 1.82) is 0 Å². The van der Waals surface area contributed by atoms with Crippen molar-refractivity contribution in [3.05, 3.63) is 0 Å². The molecule has 4 nitrogen and oxygen atoms in total. The summed E-state index contributed by atoms with van der Waals surface area (Å²) in [5.41, 5.74) is 0.135. The molecule has 2 fully saturated rings. The lowest BCUT2D eigenvalue weighted by Gasteiger charge is -2.32. The quantitative estimate of drug-likeness (QED) is 0.687. The van der Waals surface area contributed by atoms with Crippen LogP contribution >= 0.6 is 0 Å². The lowest BCUT2D eigenvalue weighted by Crippen LogP contribution is -2.43. The Bertz CT molecular complexity index is 265. The predicted molar refractivity (Wildman–Crippen MR) is 66.0 cm³/mol. The molecule has 0 aromatic carbocycles. The number of hydrogen-bond donors (Lipinski definition) is 0. The summed E-state index contributed by atoms with van der Waals surface area (Å²) in [6, 6.07) is 0. The SMILES string of the molecule is COC1(OC)CN2CCCC2(COC(C)C)C1. The van der Waals surface area contributed by atoms with Crippen LogP contribution in [0.15, 0.2) is 0 Å². The molecule has 0 spiro atoms. The molecule has 0 bridgehead atoms. The summed E-state index contributed by atoms with van der Waals surface area (Å²) in [6.45, 7) is 6.96. The molecule has 1 atom stereocenters. The molecular formula is C13H25NO3. The largest absolute Gasteiger partial charge is 0.377 e. The van der Waals surface area contributed by atoms with Crippen molar-refractivity contribution in [3.8, 4) is 0 Å². The molecule has 0 saturated carbocycles. The lowest BCUT2D eigenvalue weighted by atomic mass is 9.93. The molecule has 0 aromatic heterocycles. The van der Waals surface area contributed by atoms with Gasteiger partial charge in [-0.3, -0.25) is 4.90 Å². The van der Waals surface area contributed by atoms with Gasteiger partial charge in [-0.2, -0.15) is 0 Å². The highest BCUT2D eigenvalue weighted by atomic mass is 16.7. The maximum atomic E-state index is 5.86. The van der Waals surface area contributed by atoms with E-state index in [4.69, 9.17) is 14.2 Å². The first-order chi connectivity index (χ1) is 8.06. The van der Waals surface area contributed by atoms with Gasteiger partial charge in [-0.05, 0) is 33.2 Å². The van der Waals surface area contributed by atoms with Gasteiger partial charge in [0.05, 0.1) is 19.3 Å². The molecule has 2 aliphatic rings. The number of ether oxygens (including phenoxy) is 3. The molecule has 0 aliphatic carbocycles. The maximum Gasteiger partial charge on any atom is 0.182 e. The van der Waals surface area contributed by atoms with Crippen molar-refractivity contribution in [1.82, 2.24) is 4.90 Å². The fourth-order valence-corrected chi connectivity index (χ4v) is 3.18. The Hall–Kier alpha value is -0.160. The first-order valence-corrected chi connectivity index (χ1v) is 6.53. The molecule has 2 heterocycles. The van der Waals surface area contributed by atoms with Crippen LogP contribution in [0.5, 0.6) is 0 Å². The molecule has 17 heavy (non-hydrogen) atoms. The zero-order valence-electron chi connectivity index (χ0n) is 11.5. The minimum Gasteiger partial charge on any atom is -0.377 e. The molecular weight excluding hydrogens is 218 g/mol. The van der Waals surface area contributed by atoms with Gasteiger partial charge in [-0.25, -0.2) is 0 Å². The molecule has 100 valence electrons. The topological polar surface area (TPSA) is 30.9 Å². The fourth-order valence-electron chi connectivity index (χ4n) is 3.18. The van der Waals surface area contributed by atoms with Crippen molar-refractivity contribution in [3.63, 3.8) is 0 Å². The Morgan fingerprint density at radius 3 is 2.53 bits per heavy atom. The van der Waals surface area contributed by atoms with Crippen LogP contribution in [-0.4, -0.2) is 56.2 Å². The van der Waals surface area contributed by atoms with E-state index in [1.165, 1.54) is 12.8 Å². The van der Waals surface area contributed by atoms with Crippen LogP contribution < -0.4 is 0 Å². The second-order valence-electron chi connectivity index (χ2n) is 5.60. The fraction of sp³-hybridized carbons (Fsp3) is 1.00. The van der Waals surface area contributed by atoms with Gasteiger partial charge in [0.25, 0.3) is 0 Å². The third-order valence-corrected chi connectivity index (χ3v) is 4.20. The van der Waals surface area contributed by atoms with E-state index in [1.807, 2.05) is 0 Å². The molecule has 0 amide bonds. The maximum absolute atomic E-state index is 5.86. The molecule has 1 unspecified atom stereocenters. The van der Waals surface area contributed by atoms with Gasteiger partial charge in [-0.15, -0.1) is 0 Å². The Balaban J connectivity index is 2.09. The van der Waals surface area contributed by atoms with Gasteiger partial charge >= 0.3 is 0 Å². The number of nitrogens with zero attached hydrogens (tertiary/aromatic N) is 1. The second-order valence-corrected chi connectivity index (χ2v) is 5.60. The third-order valence-electron chi connectivity index (χ3n) is 4.20. The van der Waals surface area contributed by atoms with E-state index in [2.05, 4.69) is 18.7 Å². The molecule has 0 aromatic rings. The molecule has 4 heteroatoms. The van der Waals surface area contributed by atoms with Crippen molar-refractivity contribution in [2.75, 3.05) is 33.9 Å². The first-order valence-electron chi connectivity index (χ1n) is 6.53. The third kappa shape index (κ3) is 2.36. The Morgan fingerprint density at radius 1 is 1.24 bits per heavy atom. The number of rotatable bonds is 5. The van der Waals surface area contributed by atoms with Gasteiger partial charge in [0.1, 0.15) is 0 Å². The molecule has 2 aliphatic heterocycles. The van der Waals surface area contributed by atoms with Gasteiger partial charge in [0.15, 0.2) is 5.79 Å². The second kappa shape index (κ2) is 4.84. The summed E-state index contributed by atoms with van der Waals surface area (Å²) in [6.07, 6.45) is 3.64. The lowest BCUT2D eigenvalue weighted by molar-refractivity contribution is -0.198. The van der Waals surface area contributed by atoms with Crippen LogP contribution in [0.4, 0.5) is 0 Å². The summed E-state index contributed by atoms with van der Waals surface area (Å²) < 4.78 is 17.1. The summed E-state index contributed by atoms with van der Waals surface area (Å²) in [7, 11) is 3.48. The van der Waals surface area contributed by atoms with E-state index in [0.29, 0.717) is 0 Å². The minimum atomic E-state index is -0.430. The van der Waals surface area contributed by atoms with Crippen LogP contribution in [0.1, 0.15) is 33.1 Å². The predicted octanol–water partition coefficient (Wildman–Crippen LogP) is 1.64. The normalized spacial score (nSPS) is 32.3. The van der Waals surface area contributed by atoms with Crippen molar-refractivity contribution < 1.29 is 14.2 Å². The highest BCUT2D eigenvalue weighted by molar-refractivity contribution is 5.07. The number of methoxy groups -OCH3 is 2. The average Bonchev–Trinajstić information content (AvgIpc) is 2.81. The van der Waals surface area contributed by atoms with Crippen LogP contribution in [0.2, 0.25) is 0 Å². The monoisotopic (exact) mass is 243 g/mol. The van der Waals surface area contributed by atoms with Crippen molar-refractivity contribution >= 4 is 0 Å². The standard InChI is InChI=1S/C13H25NO3/c1-11(2)17-10-12-6-5-7-14(12)9-13(8-12,15-3)16-4/h11H,5-10H2,1-4H3. The smallest absolute Gasteiger partial charge is 0.182 e. The van der Waals surface area contributed by atoms with Crippen LogP contribution in [0.25, 0.3) is 0 Å². The Morgan fingerprint density at radius 2 is 1.94 bits per heavy atom. The van der Waals surface area contributed by atoms with E-state index >= 15 is 0 Å². The zero-order chi connectivity index (χ0) is 12.5. The van der Waals surface area contributed by atoms with Crippen molar-refractivity contribution in [2.24, 2.45) is 0 Å². The molecule has 2 saturated heterocycles. The van der Waals surface area contributed by atoms with E-state index in [1.54, 1.807) is 14.2 Å². The highest BCUT2D eigenvalue weighted by Crippen LogP contribution is 2.45. The van der Waals surface area contributed by atoms with Crippen molar-refractivity contribution in [2.45, 2.75) is 50.5 Å². The zero-order valence-corrected chi connectivity index (χ0v) is 11.5. The van der Waals surface area contributed by atoms with E-state index in [9.17, 15) is 0 Å². The van der Waals surface area contributed by atoms with E-state index in [-0.39, 0.29) is 11.6 Å². The average molecular weight is 243 g/mol. The minimum absolute atomic E-state index is 0.135. The number of fused-ring (bicyclic) bond motifs is 1. The van der Waals surface area contributed by atoms with Crippen LogP contribution in [0.3, 0.4) is 0 Å². The van der Waals surface area contributed by atoms with Crippen LogP contribution in [-0.2, 0) is 14.2 Å². The molecule has 0 radical (unpaired) electrons. The molecule has 0 N–H and O–H groups in total. The van der Waals surface area contributed by atoms with Crippen LogP contribution in [0, 0.1) is 0 Å². The summed E-state index contributed by atoms with van der Waals surface area (Å²) >= 11 is 0. The highest BCUT2D eigenvalue weighted by Gasteiger charge is 2.56.